The van der Waals surface area contributed by atoms with Crippen molar-refractivity contribution >= 4 is 33.7 Å². The summed E-state index contributed by atoms with van der Waals surface area (Å²) in [7, 11) is 0. The number of halogens is 1. The molecule has 3 saturated heterocycles. The van der Waals surface area contributed by atoms with E-state index in [0.717, 1.165) is 25.7 Å². The Morgan fingerprint density at radius 1 is 1.14 bits per heavy atom. The quantitative estimate of drug-likeness (QED) is 0.202. The van der Waals surface area contributed by atoms with Crippen LogP contribution in [0.4, 0.5) is 0 Å². The molecule has 196 valence electrons. The van der Waals surface area contributed by atoms with Crippen molar-refractivity contribution in [1.82, 2.24) is 14.7 Å². The average molecular weight is 555 g/mol. The van der Waals surface area contributed by atoms with Crippen molar-refractivity contribution in [2.24, 2.45) is 11.8 Å². The smallest absolute Gasteiger partial charge is 0.248 e. The highest BCUT2D eigenvalue weighted by molar-refractivity contribution is 9.09. The molecule has 3 heterocycles. The van der Waals surface area contributed by atoms with Crippen LogP contribution in [-0.2, 0) is 19.1 Å². The lowest BCUT2D eigenvalue weighted by Crippen LogP contribution is -2.57. The highest BCUT2D eigenvalue weighted by atomic mass is 79.9. The van der Waals surface area contributed by atoms with Gasteiger partial charge in [-0.05, 0) is 19.3 Å². The van der Waals surface area contributed by atoms with Gasteiger partial charge in [-0.3, -0.25) is 14.4 Å². The Bertz CT molecular complexity index is 823. The third-order valence-electron chi connectivity index (χ3n) is 7.50. The van der Waals surface area contributed by atoms with Crippen molar-refractivity contribution in [3.63, 3.8) is 0 Å². The molecule has 2 bridgehead atoms. The van der Waals surface area contributed by atoms with Gasteiger partial charge in [0.1, 0.15) is 11.6 Å². The third-order valence-corrected chi connectivity index (χ3v) is 8.34. The molecule has 35 heavy (non-hydrogen) atoms. The highest BCUT2D eigenvalue weighted by Gasteiger charge is 2.76. The molecule has 0 aromatic rings. The first-order valence-electron chi connectivity index (χ1n) is 12.8. The summed E-state index contributed by atoms with van der Waals surface area (Å²) in [6.45, 7) is 13.3. The fourth-order valence-electron chi connectivity index (χ4n) is 6.14. The Balaban J connectivity index is 2.00. The zero-order valence-electron chi connectivity index (χ0n) is 21.0. The molecule has 1 N–H and O–H groups in total. The maximum Gasteiger partial charge on any atom is 0.248 e. The van der Waals surface area contributed by atoms with Crippen molar-refractivity contribution in [2.75, 3.05) is 39.3 Å². The second kappa shape index (κ2) is 12.0. The molecule has 3 fully saturated rings. The summed E-state index contributed by atoms with van der Waals surface area (Å²) in [4.78, 5) is 46.3. The standard InChI is InChI=1S/C26H40BrN3O5/c1-5-9-10-14-29(13-8-4)25(34)22-26-17-18(27)21(35-26)19(20(26)24(33)30(22)15-16-31)23(32)28(11-6-2)12-7-3/h6,8,18-22,31H,2,4-5,7,9-17H2,1,3H3/t18?,19-,20-,21-,22?,26?/m0/s1. The summed E-state index contributed by atoms with van der Waals surface area (Å²) in [5.74, 6) is -2.04. The van der Waals surface area contributed by atoms with Gasteiger partial charge in [0.05, 0.1) is 24.5 Å². The van der Waals surface area contributed by atoms with Crippen molar-refractivity contribution < 1.29 is 24.2 Å². The minimum absolute atomic E-state index is 0.0254. The van der Waals surface area contributed by atoms with Crippen LogP contribution in [-0.4, -0.2) is 99.4 Å². The minimum atomic E-state index is -1.10. The Morgan fingerprint density at radius 2 is 1.80 bits per heavy atom. The molecule has 0 aliphatic carbocycles. The van der Waals surface area contributed by atoms with Crippen LogP contribution in [0.5, 0.6) is 0 Å². The number of ether oxygens (including phenoxy) is 1. The third kappa shape index (κ3) is 4.96. The largest absolute Gasteiger partial charge is 0.395 e. The lowest BCUT2D eigenvalue weighted by atomic mass is 9.70. The van der Waals surface area contributed by atoms with Gasteiger partial charge < -0.3 is 24.5 Å². The van der Waals surface area contributed by atoms with E-state index in [-0.39, 0.29) is 35.7 Å². The molecule has 6 atom stereocenters. The van der Waals surface area contributed by atoms with Gasteiger partial charge in [0, 0.05) is 37.6 Å². The van der Waals surface area contributed by atoms with Crippen LogP contribution >= 0.6 is 15.9 Å². The van der Waals surface area contributed by atoms with Gasteiger partial charge in [-0.2, -0.15) is 0 Å². The van der Waals surface area contributed by atoms with Crippen LogP contribution in [0.15, 0.2) is 25.3 Å². The lowest BCUT2D eigenvalue weighted by molar-refractivity contribution is -0.149. The van der Waals surface area contributed by atoms with E-state index >= 15 is 0 Å². The SMILES string of the molecule is C=CCN(CCCCC)C(=O)C1N(CCO)C(=O)[C@@H]2[C@H](C(=O)N(CC=C)CCC)[C@H]3OC12CC3Br. The number of rotatable bonds is 14. The second-order valence-corrected chi connectivity index (χ2v) is 10.9. The molecule has 3 amide bonds. The molecule has 1 spiro atoms. The predicted octanol–water partition coefficient (Wildman–Crippen LogP) is 2.36. The number of likely N-dealkylation sites (tertiary alicyclic amines) is 1. The molecule has 3 aliphatic rings. The van der Waals surface area contributed by atoms with Gasteiger partial charge in [-0.15, -0.1) is 13.2 Å². The number of fused-ring (bicyclic) bond motifs is 1. The summed E-state index contributed by atoms with van der Waals surface area (Å²) >= 11 is 3.70. The molecule has 8 nitrogen and oxygen atoms in total. The molecule has 3 rings (SSSR count). The lowest BCUT2D eigenvalue weighted by Gasteiger charge is -2.37. The molecule has 0 aromatic carbocycles. The number of carbonyl (C=O) groups excluding carboxylic acids is 3. The number of hydrogen-bond donors (Lipinski definition) is 1. The molecule has 3 aliphatic heterocycles. The summed E-state index contributed by atoms with van der Waals surface area (Å²) in [6.07, 6.45) is 7.01. The maximum atomic E-state index is 14.0. The van der Waals surface area contributed by atoms with Gasteiger partial charge in [0.2, 0.25) is 17.7 Å². The number of carbonyl (C=O) groups is 3. The summed E-state index contributed by atoms with van der Waals surface area (Å²) in [5.41, 5.74) is -1.10. The molecule has 0 saturated carbocycles. The summed E-state index contributed by atoms with van der Waals surface area (Å²) < 4.78 is 6.53. The molecule has 3 unspecified atom stereocenters. The van der Waals surface area contributed by atoms with Gasteiger partial charge in [-0.1, -0.05) is 54.8 Å². The van der Waals surface area contributed by atoms with E-state index in [2.05, 4.69) is 36.0 Å². The number of aliphatic hydroxyl groups is 1. The highest BCUT2D eigenvalue weighted by Crippen LogP contribution is 2.60. The fourth-order valence-corrected chi connectivity index (χ4v) is 7.08. The van der Waals surface area contributed by atoms with E-state index in [0.29, 0.717) is 32.6 Å². The number of β-amino-alcohol motifs (C(OH)–C–C–N with tert-alkyl or cyclic N) is 1. The van der Waals surface area contributed by atoms with Gasteiger partial charge in [-0.25, -0.2) is 0 Å². The number of nitrogens with zero attached hydrogens (tertiary/aromatic N) is 3. The molecule has 0 radical (unpaired) electrons. The molecular formula is C26H40BrN3O5. The molecule has 0 aromatic heterocycles. The van der Waals surface area contributed by atoms with E-state index in [1.54, 1.807) is 22.0 Å². The first kappa shape index (κ1) is 27.9. The Labute approximate surface area is 217 Å². The van der Waals surface area contributed by atoms with E-state index < -0.39 is 29.6 Å². The topological polar surface area (TPSA) is 90.4 Å². The van der Waals surface area contributed by atoms with Crippen LogP contribution in [0, 0.1) is 11.8 Å². The monoisotopic (exact) mass is 553 g/mol. The number of hydrogen-bond acceptors (Lipinski definition) is 5. The van der Waals surface area contributed by atoms with Crippen molar-refractivity contribution in [3.05, 3.63) is 25.3 Å². The van der Waals surface area contributed by atoms with E-state index in [1.807, 2.05) is 6.92 Å². The fraction of sp³-hybridized carbons (Fsp3) is 0.731. The maximum absolute atomic E-state index is 14.0. The van der Waals surface area contributed by atoms with E-state index in [4.69, 9.17) is 4.74 Å². The van der Waals surface area contributed by atoms with Crippen LogP contribution in [0.25, 0.3) is 0 Å². The zero-order valence-corrected chi connectivity index (χ0v) is 22.6. The normalized spacial score (nSPS) is 30.9. The van der Waals surface area contributed by atoms with Crippen LogP contribution in [0.2, 0.25) is 0 Å². The summed E-state index contributed by atoms with van der Waals surface area (Å²) in [6, 6.07) is -0.879. The van der Waals surface area contributed by atoms with Crippen LogP contribution in [0.3, 0.4) is 0 Å². The predicted molar refractivity (Wildman–Crippen MR) is 138 cm³/mol. The van der Waals surface area contributed by atoms with Crippen molar-refractivity contribution in [3.8, 4) is 0 Å². The number of aliphatic hydroxyl groups excluding tert-OH is 1. The van der Waals surface area contributed by atoms with Crippen molar-refractivity contribution in [2.45, 2.75) is 68.5 Å². The van der Waals surface area contributed by atoms with Crippen LogP contribution in [0.1, 0.15) is 46.0 Å². The summed E-state index contributed by atoms with van der Waals surface area (Å²) in [5, 5.41) is 9.77. The second-order valence-electron chi connectivity index (χ2n) is 9.77. The van der Waals surface area contributed by atoms with Gasteiger partial charge in [0.15, 0.2) is 0 Å². The Hall–Kier alpha value is -1.71. The van der Waals surface area contributed by atoms with Crippen molar-refractivity contribution in [1.29, 1.82) is 0 Å². The minimum Gasteiger partial charge on any atom is -0.395 e. The molecule has 9 heteroatoms. The number of alkyl halides is 1. The Kier molecular flexibility index (Phi) is 9.57. The van der Waals surface area contributed by atoms with Crippen LogP contribution < -0.4 is 0 Å². The number of unbranched alkanes of at least 4 members (excludes halogenated alkanes) is 2. The first-order valence-corrected chi connectivity index (χ1v) is 13.8. The first-order chi connectivity index (χ1) is 16.8. The zero-order chi connectivity index (χ0) is 25.8. The number of amides is 3. The molecular weight excluding hydrogens is 514 g/mol. The van der Waals surface area contributed by atoms with Gasteiger partial charge in [0.25, 0.3) is 0 Å². The van der Waals surface area contributed by atoms with E-state index in [9.17, 15) is 19.5 Å². The average Bonchev–Trinajstić information content (AvgIpc) is 3.41. The Morgan fingerprint density at radius 3 is 2.37 bits per heavy atom. The van der Waals surface area contributed by atoms with Gasteiger partial charge >= 0.3 is 0 Å². The van der Waals surface area contributed by atoms with E-state index in [1.165, 1.54) is 4.90 Å².